The summed E-state index contributed by atoms with van der Waals surface area (Å²) in [5, 5.41) is 5.85. The highest BCUT2D eigenvalue weighted by atomic mass is 16.2. The van der Waals surface area contributed by atoms with Gasteiger partial charge < -0.3 is 15.5 Å². The third kappa shape index (κ3) is 4.49. The molecule has 1 aromatic carbocycles. The summed E-state index contributed by atoms with van der Waals surface area (Å²) in [4.78, 5) is 45.7. The van der Waals surface area contributed by atoms with Gasteiger partial charge in [0.2, 0.25) is 5.91 Å². The van der Waals surface area contributed by atoms with E-state index in [1.807, 2.05) is 55.5 Å². The van der Waals surface area contributed by atoms with E-state index in [2.05, 4.69) is 15.6 Å². The van der Waals surface area contributed by atoms with E-state index in [4.69, 9.17) is 0 Å². The minimum atomic E-state index is -0.480. The molecule has 0 radical (unpaired) electrons. The zero-order valence-electron chi connectivity index (χ0n) is 18.1. The minimum Gasteiger partial charge on any atom is -0.356 e. The fourth-order valence-electron chi connectivity index (χ4n) is 4.16. The van der Waals surface area contributed by atoms with Gasteiger partial charge in [0, 0.05) is 44.4 Å². The molecule has 4 rings (SSSR count). The van der Waals surface area contributed by atoms with Crippen LogP contribution in [0.2, 0.25) is 0 Å². The summed E-state index contributed by atoms with van der Waals surface area (Å²) >= 11 is 0. The molecule has 0 spiro atoms. The van der Waals surface area contributed by atoms with Crippen LogP contribution in [0.3, 0.4) is 0 Å². The van der Waals surface area contributed by atoms with Crippen molar-refractivity contribution < 1.29 is 14.4 Å². The maximum atomic E-state index is 13.3. The molecule has 0 fully saturated rings. The van der Waals surface area contributed by atoms with Gasteiger partial charge in [0.1, 0.15) is 0 Å². The van der Waals surface area contributed by atoms with Crippen molar-refractivity contribution in [2.24, 2.45) is 0 Å². The Hall–Kier alpha value is -3.68. The van der Waals surface area contributed by atoms with Crippen LogP contribution in [0.4, 0.5) is 4.79 Å². The Morgan fingerprint density at radius 2 is 1.94 bits per heavy atom. The molecule has 2 N–H and O–H groups in total. The van der Waals surface area contributed by atoms with Crippen molar-refractivity contribution in [2.75, 3.05) is 26.2 Å². The van der Waals surface area contributed by atoms with Gasteiger partial charge in [-0.25, -0.2) is 4.79 Å². The largest absolute Gasteiger partial charge is 0.356 e. The molecule has 8 heteroatoms. The Balaban J connectivity index is 1.38. The molecule has 2 aromatic rings. The van der Waals surface area contributed by atoms with Crippen LogP contribution >= 0.6 is 0 Å². The fraction of sp³-hybridized carbons (Fsp3) is 0.333. The highest BCUT2D eigenvalue weighted by Gasteiger charge is 2.43. The number of nitrogens with zero attached hydrogens (tertiary/aromatic N) is 3. The van der Waals surface area contributed by atoms with Crippen LogP contribution in [0.15, 0.2) is 66.0 Å². The number of likely N-dealkylation sites (N-methyl/N-ethyl adjacent to an activating group) is 1. The van der Waals surface area contributed by atoms with Crippen molar-refractivity contribution >= 4 is 17.8 Å². The second kappa shape index (κ2) is 9.64. The molecule has 0 aliphatic carbocycles. The normalized spacial score (nSPS) is 18.0. The maximum Gasteiger partial charge on any atom is 0.322 e. The smallest absolute Gasteiger partial charge is 0.322 e. The van der Waals surface area contributed by atoms with Crippen LogP contribution in [0.5, 0.6) is 0 Å². The van der Waals surface area contributed by atoms with Gasteiger partial charge >= 0.3 is 6.03 Å². The number of aromatic nitrogens is 1. The first-order valence-electron chi connectivity index (χ1n) is 10.9. The third-order valence-corrected chi connectivity index (χ3v) is 5.78. The zero-order valence-corrected chi connectivity index (χ0v) is 18.1. The van der Waals surface area contributed by atoms with Crippen LogP contribution < -0.4 is 10.6 Å². The van der Waals surface area contributed by atoms with Crippen LogP contribution in [0.25, 0.3) is 0 Å². The second-order valence-corrected chi connectivity index (χ2v) is 7.80. The standard InChI is InChI=1S/C24H27N5O3/c1-2-29-19-16-28(15-12-20(30)26-14-11-18-10-6-7-13-25-18)23(31)21(19)22(27-24(29)32)17-8-4-3-5-9-17/h3-10,13,22H,2,11-12,14-16H2,1H3,(H,26,30)(H,27,32). The molecule has 0 saturated carbocycles. The first-order valence-corrected chi connectivity index (χ1v) is 10.9. The topological polar surface area (TPSA) is 94.6 Å². The number of benzene rings is 1. The number of amides is 4. The van der Waals surface area contributed by atoms with E-state index in [1.165, 1.54) is 0 Å². The van der Waals surface area contributed by atoms with Gasteiger partial charge in [0.25, 0.3) is 5.91 Å². The van der Waals surface area contributed by atoms with E-state index < -0.39 is 6.04 Å². The van der Waals surface area contributed by atoms with Crippen LogP contribution in [-0.4, -0.2) is 58.8 Å². The quantitative estimate of drug-likeness (QED) is 0.666. The summed E-state index contributed by atoms with van der Waals surface area (Å²) in [6.07, 6.45) is 2.59. The minimum absolute atomic E-state index is 0.111. The number of carbonyl (C=O) groups excluding carboxylic acids is 3. The average Bonchev–Trinajstić information content (AvgIpc) is 3.14. The van der Waals surface area contributed by atoms with Crippen LogP contribution in [0.1, 0.15) is 30.6 Å². The summed E-state index contributed by atoms with van der Waals surface area (Å²) in [7, 11) is 0. The molecule has 1 unspecified atom stereocenters. The lowest BCUT2D eigenvalue weighted by Crippen LogP contribution is -2.47. The molecule has 2 aliphatic heterocycles. The van der Waals surface area contributed by atoms with Gasteiger partial charge in [-0.1, -0.05) is 36.4 Å². The number of carbonyl (C=O) groups is 3. The van der Waals surface area contributed by atoms with E-state index in [-0.39, 0.29) is 24.3 Å². The first-order chi connectivity index (χ1) is 15.6. The maximum absolute atomic E-state index is 13.3. The molecule has 0 bridgehead atoms. The van der Waals surface area contributed by atoms with Gasteiger partial charge in [-0.05, 0) is 24.6 Å². The second-order valence-electron chi connectivity index (χ2n) is 7.80. The van der Waals surface area contributed by atoms with Gasteiger partial charge in [-0.2, -0.15) is 0 Å². The molecule has 1 atom stereocenters. The lowest BCUT2D eigenvalue weighted by molar-refractivity contribution is -0.127. The van der Waals surface area contributed by atoms with Gasteiger partial charge in [0.15, 0.2) is 0 Å². The summed E-state index contributed by atoms with van der Waals surface area (Å²) < 4.78 is 0. The molecule has 32 heavy (non-hydrogen) atoms. The average molecular weight is 434 g/mol. The first kappa shape index (κ1) is 21.5. The van der Waals surface area contributed by atoms with E-state index in [0.717, 1.165) is 17.0 Å². The monoisotopic (exact) mass is 433 g/mol. The number of hydrogen-bond donors (Lipinski definition) is 2. The highest BCUT2D eigenvalue weighted by Crippen LogP contribution is 2.36. The van der Waals surface area contributed by atoms with E-state index in [0.29, 0.717) is 38.2 Å². The van der Waals surface area contributed by atoms with Crippen molar-refractivity contribution in [1.82, 2.24) is 25.4 Å². The van der Waals surface area contributed by atoms with E-state index in [1.54, 1.807) is 16.0 Å². The lowest BCUT2D eigenvalue weighted by atomic mass is 9.95. The number of pyridine rings is 1. The van der Waals surface area contributed by atoms with Gasteiger partial charge in [0.05, 0.1) is 23.9 Å². The van der Waals surface area contributed by atoms with Crippen molar-refractivity contribution in [3.63, 3.8) is 0 Å². The SMILES string of the molecule is CCN1C(=O)NC(c2ccccc2)C2=C1CN(CCC(=O)NCCc1ccccn1)C2=O. The predicted octanol–water partition coefficient (Wildman–Crippen LogP) is 2.01. The molecule has 3 heterocycles. The highest BCUT2D eigenvalue weighted by molar-refractivity contribution is 6.01. The Morgan fingerprint density at radius 3 is 2.66 bits per heavy atom. The molecular weight excluding hydrogens is 406 g/mol. The van der Waals surface area contributed by atoms with Crippen molar-refractivity contribution in [3.05, 3.63) is 77.3 Å². The number of urea groups is 1. The molecule has 1 aromatic heterocycles. The predicted molar refractivity (Wildman–Crippen MR) is 119 cm³/mol. The van der Waals surface area contributed by atoms with Crippen LogP contribution in [-0.2, 0) is 16.0 Å². The van der Waals surface area contributed by atoms with Crippen molar-refractivity contribution in [1.29, 1.82) is 0 Å². The van der Waals surface area contributed by atoms with Crippen LogP contribution in [0, 0.1) is 0 Å². The lowest BCUT2D eigenvalue weighted by Gasteiger charge is -2.32. The number of nitrogens with one attached hydrogen (secondary N) is 2. The van der Waals surface area contributed by atoms with Crippen molar-refractivity contribution in [2.45, 2.75) is 25.8 Å². The van der Waals surface area contributed by atoms with Gasteiger partial charge in [-0.3, -0.25) is 19.5 Å². The summed E-state index contributed by atoms with van der Waals surface area (Å²) in [5.41, 5.74) is 3.11. The van der Waals surface area contributed by atoms with Crippen molar-refractivity contribution in [3.8, 4) is 0 Å². The van der Waals surface area contributed by atoms with E-state index in [9.17, 15) is 14.4 Å². The Morgan fingerprint density at radius 1 is 1.16 bits per heavy atom. The molecule has 4 amide bonds. The molecule has 166 valence electrons. The summed E-state index contributed by atoms with van der Waals surface area (Å²) in [6, 6.07) is 14.5. The summed E-state index contributed by atoms with van der Waals surface area (Å²) in [5.74, 6) is -0.242. The zero-order chi connectivity index (χ0) is 22.5. The Bertz CT molecular complexity index is 1020. The number of rotatable bonds is 8. The van der Waals surface area contributed by atoms with Gasteiger partial charge in [-0.15, -0.1) is 0 Å². The fourth-order valence-corrected chi connectivity index (χ4v) is 4.16. The summed E-state index contributed by atoms with van der Waals surface area (Å²) in [6.45, 7) is 3.49. The third-order valence-electron chi connectivity index (χ3n) is 5.78. The van der Waals surface area contributed by atoms with E-state index >= 15 is 0 Å². The molecular formula is C24H27N5O3. The molecule has 0 saturated heterocycles. The number of hydrogen-bond acceptors (Lipinski definition) is 4. The Labute approximate surface area is 187 Å². The molecule has 8 nitrogen and oxygen atoms in total. The molecule has 2 aliphatic rings. The Kier molecular flexibility index (Phi) is 6.49.